The molecule has 0 atom stereocenters. The largest absolute Gasteiger partial charge is 0.478 e. The highest BCUT2D eigenvalue weighted by Gasteiger charge is 2.24. The summed E-state index contributed by atoms with van der Waals surface area (Å²) >= 11 is 0. The highest BCUT2D eigenvalue weighted by molar-refractivity contribution is 7.89. The van der Waals surface area contributed by atoms with Crippen LogP contribution in [0.25, 0.3) is 0 Å². The van der Waals surface area contributed by atoms with Gasteiger partial charge in [0.1, 0.15) is 4.90 Å². The van der Waals surface area contributed by atoms with Crippen molar-refractivity contribution in [3.63, 3.8) is 0 Å². The number of rotatable bonds is 5. The van der Waals surface area contributed by atoms with E-state index in [-0.39, 0.29) is 5.82 Å². The molecule has 1 aromatic carbocycles. The molecular weight excluding hydrogens is 312 g/mol. The highest BCUT2D eigenvalue weighted by Crippen LogP contribution is 2.20. The number of aromatic nitrogens is 4. The van der Waals surface area contributed by atoms with Gasteiger partial charge in [0.2, 0.25) is 10.0 Å². The molecular formula is C9H7F2N5O4S. The maximum absolute atomic E-state index is 13.6. The molecule has 0 unspecified atom stereocenters. The van der Waals surface area contributed by atoms with Crippen molar-refractivity contribution in [1.29, 1.82) is 0 Å². The Labute approximate surface area is 116 Å². The van der Waals surface area contributed by atoms with E-state index in [2.05, 4.69) is 20.6 Å². The van der Waals surface area contributed by atoms with Crippen molar-refractivity contribution >= 4 is 16.0 Å². The second-order valence-electron chi connectivity index (χ2n) is 3.73. The minimum atomic E-state index is -4.50. The van der Waals surface area contributed by atoms with Gasteiger partial charge in [-0.1, -0.05) is 5.21 Å². The smallest absolute Gasteiger partial charge is 0.335 e. The first kappa shape index (κ1) is 14.9. The van der Waals surface area contributed by atoms with Crippen LogP contribution in [0.15, 0.2) is 17.0 Å². The Bertz CT molecular complexity index is 778. The maximum Gasteiger partial charge on any atom is 0.335 e. The van der Waals surface area contributed by atoms with Crippen molar-refractivity contribution in [2.24, 2.45) is 0 Å². The molecule has 12 heteroatoms. The summed E-state index contributed by atoms with van der Waals surface area (Å²) in [6.07, 6.45) is 0. The SMILES string of the molecule is O=C(O)c1cc(F)c(F)c(S(=O)(=O)NCc2nn[nH]n2)c1. The first-order valence-electron chi connectivity index (χ1n) is 5.25. The lowest BCUT2D eigenvalue weighted by Gasteiger charge is -2.07. The summed E-state index contributed by atoms with van der Waals surface area (Å²) in [5, 5.41) is 20.9. The number of carbonyl (C=O) groups is 1. The molecule has 0 radical (unpaired) electrons. The summed E-state index contributed by atoms with van der Waals surface area (Å²) in [7, 11) is -4.50. The topological polar surface area (TPSA) is 138 Å². The van der Waals surface area contributed by atoms with Gasteiger partial charge in [0.15, 0.2) is 17.5 Å². The van der Waals surface area contributed by atoms with Crippen molar-refractivity contribution in [3.8, 4) is 0 Å². The van der Waals surface area contributed by atoms with Gasteiger partial charge in [-0.2, -0.15) is 5.21 Å². The molecule has 0 amide bonds. The first-order chi connectivity index (χ1) is 9.81. The Balaban J connectivity index is 2.37. The fraction of sp³-hybridized carbons (Fsp3) is 0.111. The molecule has 0 fully saturated rings. The predicted octanol–water partition coefficient (Wildman–Crippen LogP) is -0.345. The molecule has 0 spiro atoms. The van der Waals surface area contributed by atoms with Crippen LogP contribution in [0.2, 0.25) is 0 Å². The number of aromatic amines is 1. The zero-order valence-electron chi connectivity index (χ0n) is 10.0. The van der Waals surface area contributed by atoms with Crippen molar-refractivity contribution in [3.05, 3.63) is 35.2 Å². The number of hydrogen-bond acceptors (Lipinski definition) is 6. The standard InChI is InChI=1S/C9H7F2N5O4S/c10-5-1-4(9(17)18)2-6(8(5)11)21(19,20)12-3-7-13-15-16-14-7/h1-2,12H,3H2,(H,17,18)(H,13,14,15,16). The van der Waals surface area contributed by atoms with Crippen molar-refractivity contribution in [2.75, 3.05) is 0 Å². The molecule has 0 aliphatic heterocycles. The van der Waals surface area contributed by atoms with E-state index >= 15 is 0 Å². The van der Waals surface area contributed by atoms with Gasteiger partial charge in [0.25, 0.3) is 0 Å². The highest BCUT2D eigenvalue weighted by atomic mass is 32.2. The molecule has 3 N–H and O–H groups in total. The second kappa shape index (κ2) is 5.49. The van der Waals surface area contributed by atoms with Crippen LogP contribution in [-0.2, 0) is 16.6 Å². The number of sulfonamides is 1. The Morgan fingerprint density at radius 3 is 2.67 bits per heavy atom. The van der Waals surface area contributed by atoms with Crippen LogP contribution in [0.4, 0.5) is 8.78 Å². The molecule has 1 heterocycles. The number of H-pyrrole nitrogens is 1. The molecule has 9 nitrogen and oxygen atoms in total. The van der Waals surface area contributed by atoms with Crippen LogP contribution in [0.5, 0.6) is 0 Å². The molecule has 0 aliphatic rings. The monoisotopic (exact) mass is 319 g/mol. The van der Waals surface area contributed by atoms with E-state index in [1.54, 1.807) is 0 Å². The van der Waals surface area contributed by atoms with Gasteiger partial charge in [-0.25, -0.2) is 26.7 Å². The molecule has 112 valence electrons. The summed E-state index contributed by atoms with van der Waals surface area (Å²) in [6, 6.07) is 0.898. The number of benzene rings is 1. The minimum absolute atomic E-state index is 0.0335. The fourth-order valence-electron chi connectivity index (χ4n) is 1.38. The molecule has 0 saturated carbocycles. The zero-order valence-corrected chi connectivity index (χ0v) is 10.9. The number of halogens is 2. The molecule has 21 heavy (non-hydrogen) atoms. The minimum Gasteiger partial charge on any atom is -0.478 e. The van der Waals surface area contributed by atoms with Crippen LogP contribution >= 0.6 is 0 Å². The molecule has 0 aliphatic carbocycles. The fourth-order valence-corrected chi connectivity index (χ4v) is 2.47. The average Bonchev–Trinajstić information content (AvgIpc) is 2.92. The zero-order chi connectivity index (χ0) is 15.6. The maximum atomic E-state index is 13.6. The summed E-state index contributed by atoms with van der Waals surface area (Å²) < 4.78 is 52.5. The number of carboxylic acids is 1. The Morgan fingerprint density at radius 1 is 1.38 bits per heavy atom. The molecule has 0 bridgehead atoms. The lowest BCUT2D eigenvalue weighted by Crippen LogP contribution is -2.25. The van der Waals surface area contributed by atoms with Crippen LogP contribution in [0, 0.1) is 11.6 Å². The Hall–Kier alpha value is -2.47. The second-order valence-corrected chi connectivity index (χ2v) is 5.46. The number of nitrogens with one attached hydrogen (secondary N) is 2. The van der Waals surface area contributed by atoms with Crippen molar-refractivity contribution in [1.82, 2.24) is 25.3 Å². The Morgan fingerprint density at radius 2 is 2.10 bits per heavy atom. The van der Waals surface area contributed by atoms with Crippen LogP contribution < -0.4 is 4.72 Å². The molecule has 1 aromatic heterocycles. The Kier molecular flexibility index (Phi) is 3.90. The first-order valence-corrected chi connectivity index (χ1v) is 6.74. The van der Waals surface area contributed by atoms with Gasteiger partial charge in [-0.15, -0.1) is 10.2 Å². The van der Waals surface area contributed by atoms with Crippen LogP contribution in [0.3, 0.4) is 0 Å². The number of carboxylic acid groups (broad SMARTS) is 1. The van der Waals surface area contributed by atoms with E-state index < -0.39 is 44.6 Å². The van der Waals surface area contributed by atoms with Crippen molar-refractivity contribution < 1.29 is 27.1 Å². The molecule has 0 saturated heterocycles. The molecule has 2 aromatic rings. The lowest BCUT2D eigenvalue weighted by atomic mass is 10.2. The van der Waals surface area contributed by atoms with Crippen LogP contribution in [-0.4, -0.2) is 40.1 Å². The van der Waals surface area contributed by atoms with E-state index in [4.69, 9.17) is 5.11 Å². The number of tetrazole rings is 1. The van der Waals surface area contributed by atoms with E-state index in [1.807, 2.05) is 4.72 Å². The van der Waals surface area contributed by atoms with E-state index in [9.17, 15) is 22.0 Å². The van der Waals surface area contributed by atoms with Crippen LogP contribution in [0.1, 0.15) is 16.2 Å². The summed E-state index contributed by atoms with van der Waals surface area (Å²) in [6.45, 7) is -0.433. The average molecular weight is 319 g/mol. The van der Waals surface area contributed by atoms with Gasteiger partial charge in [-0.3, -0.25) is 0 Å². The lowest BCUT2D eigenvalue weighted by molar-refractivity contribution is 0.0696. The third kappa shape index (κ3) is 3.17. The normalized spacial score (nSPS) is 11.5. The number of hydrogen-bond donors (Lipinski definition) is 3. The van der Waals surface area contributed by atoms with Gasteiger partial charge < -0.3 is 5.11 Å². The van der Waals surface area contributed by atoms with Gasteiger partial charge in [0, 0.05) is 0 Å². The third-order valence-corrected chi connectivity index (χ3v) is 3.74. The third-order valence-electron chi connectivity index (χ3n) is 2.34. The number of aromatic carboxylic acids is 1. The van der Waals surface area contributed by atoms with Crippen molar-refractivity contribution in [2.45, 2.75) is 11.4 Å². The van der Waals surface area contributed by atoms with Gasteiger partial charge >= 0.3 is 5.97 Å². The predicted molar refractivity (Wildman–Crippen MR) is 61.5 cm³/mol. The quantitative estimate of drug-likeness (QED) is 0.685. The van der Waals surface area contributed by atoms with Gasteiger partial charge in [0.05, 0.1) is 12.1 Å². The van der Waals surface area contributed by atoms with E-state index in [0.29, 0.717) is 12.1 Å². The van der Waals surface area contributed by atoms with E-state index in [0.717, 1.165) is 0 Å². The molecule has 2 rings (SSSR count). The number of nitrogens with zero attached hydrogens (tertiary/aromatic N) is 3. The summed E-state index contributed by atoms with van der Waals surface area (Å²) in [5.74, 6) is -4.90. The van der Waals surface area contributed by atoms with Gasteiger partial charge in [-0.05, 0) is 12.1 Å². The summed E-state index contributed by atoms with van der Waals surface area (Å²) in [4.78, 5) is 9.63. The summed E-state index contributed by atoms with van der Waals surface area (Å²) in [5.41, 5.74) is -0.700. The van der Waals surface area contributed by atoms with E-state index in [1.165, 1.54) is 0 Å².